The minimum absolute atomic E-state index is 0.0150. The molecule has 1 N–H and O–H groups in total. The van der Waals surface area contributed by atoms with Gasteiger partial charge < -0.3 is 10.1 Å². The van der Waals surface area contributed by atoms with Crippen molar-refractivity contribution in [2.75, 3.05) is 12.4 Å². The standard InChI is InChI=1S/C20H21Cl2NO2/c1-13-11-15(6-8-18(13)25-2)23-19(24)20(9-3-4-10-20)16-7-5-14(21)12-17(16)22/h5-8,11-12H,3-4,9-10H2,1-2H3,(H,23,24). The molecule has 0 heterocycles. The molecule has 3 nitrogen and oxygen atoms in total. The van der Waals surface area contributed by atoms with E-state index in [2.05, 4.69) is 5.32 Å². The van der Waals surface area contributed by atoms with Gasteiger partial charge in [-0.3, -0.25) is 4.79 Å². The number of ether oxygens (including phenoxy) is 1. The first-order chi connectivity index (χ1) is 12.0. The average molecular weight is 378 g/mol. The lowest BCUT2D eigenvalue weighted by Crippen LogP contribution is -2.38. The molecule has 0 radical (unpaired) electrons. The van der Waals surface area contributed by atoms with E-state index in [1.807, 2.05) is 31.2 Å². The molecule has 5 heteroatoms. The predicted octanol–water partition coefficient (Wildman–Crippen LogP) is 5.76. The van der Waals surface area contributed by atoms with E-state index >= 15 is 0 Å². The van der Waals surface area contributed by atoms with Crippen LogP contribution >= 0.6 is 23.2 Å². The van der Waals surface area contributed by atoms with E-state index in [9.17, 15) is 4.79 Å². The number of anilines is 1. The maximum Gasteiger partial charge on any atom is 0.235 e. The number of nitrogens with one attached hydrogen (secondary N) is 1. The average Bonchev–Trinajstić information content (AvgIpc) is 3.06. The van der Waals surface area contributed by atoms with Gasteiger partial charge in [-0.15, -0.1) is 0 Å². The van der Waals surface area contributed by atoms with Crippen molar-refractivity contribution in [3.8, 4) is 5.75 Å². The van der Waals surface area contributed by atoms with Gasteiger partial charge in [0.15, 0.2) is 0 Å². The number of aryl methyl sites for hydroxylation is 1. The Bertz CT molecular complexity index is 798. The lowest BCUT2D eigenvalue weighted by atomic mass is 9.78. The highest BCUT2D eigenvalue weighted by molar-refractivity contribution is 6.35. The van der Waals surface area contributed by atoms with Crippen LogP contribution in [0.1, 0.15) is 36.8 Å². The molecule has 0 atom stereocenters. The summed E-state index contributed by atoms with van der Waals surface area (Å²) in [5.74, 6) is 0.785. The largest absolute Gasteiger partial charge is 0.496 e. The number of hydrogen-bond donors (Lipinski definition) is 1. The molecule has 132 valence electrons. The van der Waals surface area contributed by atoms with Crippen molar-refractivity contribution >= 4 is 34.8 Å². The fraction of sp³-hybridized carbons (Fsp3) is 0.350. The van der Waals surface area contributed by atoms with Crippen LogP contribution in [-0.4, -0.2) is 13.0 Å². The highest BCUT2D eigenvalue weighted by Crippen LogP contribution is 2.45. The molecule has 2 aromatic rings. The molecule has 1 fully saturated rings. The minimum Gasteiger partial charge on any atom is -0.496 e. The SMILES string of the molecule is COc1ccc(NC(=O)C2(c3ccc(Cl)cc3Cl)CCCC2)cc1C. The summed E-state index contributed by atoms with van der Waals surface area (Å²) in [5.41, 5.74) is 2.00. The van der Waals surface area contributed by atoms with Gasteiger partial charge in [0.1, 0.15) is 5.75 Å². The van der Waals surface area contributed by atoms with Crippen molar-refractivity contribution in [2.24, 2.45) is 0 Å². The van der Waals surface area contributed by atoms with Crippen LogP contribution in [0.5, 0.6) is 5.75 Å². The molecule has 0 aliphatic heterocycles. The summed E-state index contributed by atoms with van der Waals surface area (Å²) in [6.07, 6.45) is 3.59. The second-order valence-electron chi connectivity index (χ2n) is 6.55. The first-order valence-electron chi connectivity index (χ1n) is 8.38. The Hall–Kier alpha value is -1.71. The number of carbonyl (C=O) groups excluding carboxylic acids is 1. The molecule has 2 aromatic carbocycles. The normalized spacial score (nSPS) is 15.8. The summed E-state index contributed by atoms with van der Waals surface area (Å²) in [6, 6.07) is 11.0. The van der Waals surface area contributed by atoms with Crippen molar-refractivity contribution in [3.05, 3.63) is 57.6 Å². The molecule has 1 amide bonds. The Labute approximate surface area is 158 Å². The van der Waals surface area contributed by atoms with Gasteiger partial charge in [-0.05, 0) is 61.2 Å². The van der Waals surface area contributed by atoms with Crippen LogP contribution in [-0.2, 0) is 10.2 Å². The Kier molecular flexibility index (Phi) is 5.26. The molecule has 25 heavy (non-hydrogen) atoms. The fourth-order valence-corrected chi connectivity index (χ4v) is 4.27. The second kappa shape index (κ2) is 7.27. The molecule has 0 aromatic heterocycles. The van der Waals surface area contributed by atoms with Gasteiger partial charge in [-0.1, -0.05) is 42.1 Å². The first kappa shape index (κ1) is 18.1. The van der Waals surface area contributed by atoms with Gasteiger partial charge in [-0.25, -0.2) is 0 Å². The molecule has 0 bridgehead atoms. The van der Waals surface area contributed by atoms with Crippen molar-refractivity contribution in [2.45, 2.75) is 38.0 Å². The van der Waals surface area contributed by atoms with Crippen molar-refractivity contribution in [3.63, 3.8) is 0 Å². The van der Waals surface area contributed by atoms with E-state index in [0.717, 1.165) is 48.2 Å². The zero-order chi connectivity index (χ0) is 18.0. The van der Waals surface area contributed by atoms with Gasteiger partial charge in [0.25, 0.3) is 0 Å². The summed E-state index contributed by atoms with van der Waals surface area (Å²) >= 11 is 12.5. The van der Waals surface area contributed by atoms with Crippen LogP contribution in [0.4, 0.5) is 5.69 Å². The smallest absolute Gasteiger partial charge is 0.235 e. The molecular formula is C20H21Cl2NO2. The third-order valence-corrected chi connectivity index (χ3v) is 5.54. The Morgan fingerprint density at radius 3 is 2.44 bits per heavy atom. The molecule has 1 saturated carbocycles. The van der Waals surface area contributed by atoms with Crippen LogP contribution in [0.2, 0.25) is 10.0 Å². The zero-order valence-corrected chi connectivity index (χ0v) is 15.9. The maximum absolute atomic E-state index is 13.2. The van der Waals surface area contributed by atoms with Gasteiger partial charge in [0.05, 0.1) is 12.5 Å². The van der Waals surface area contributed by atoms with Gasteiger partial charge in [0, 0.05) is 15.7 Å². The third-order valence-electron chi connectivity index (χ3n) is 4.99. The summed E-state index contributed by atoms with van der Waals surface area (Å²) in [5, 5.41) is 4.20. The second-order valence-corrected chi connectivity index (χ2v) is 7.40. The van der Waals surface area contributed by atoms with E-state index in [-0.39, 0.29) is 5.91 Å². The highest BCUT2D eigenvalue weighted by Gasteiger charge is 2.44. The van der Waals surface area contributed by atoms with Crippen molar-refractivity contribution in [1.82, 2.24) is 0 Å². The molecule has 1 aliphatic carbocycles. The lowest BCUT2D eigenvalue weighted by Gasteiger charge is -2.29. The van der Waals surface area contributed by atoms with E-state index in [0.29, 0.717) is 10.0 Å². The molecular weight excluding hydrogens is 357 g/mol. The number of carbonyl (C=O) groups is 1. The molecule has 0 unspecified atom stereocenters. The van der Waals surface area contributed by atoms with Gasteiger partial charge in [0.2, 0.25) is 5.91 Å². The fourth-order valence-electron chi connectivity index (χ4n) is 3.68. The summed E-state index contributed by atoms with van der Waals surface area (Å²) in [6.45, 7) is 1.95. The number of benzene rings is 2. The van der Waals surface area contributed by atoms with Gasteiger partial charge >= 0.3 is 0 Å². The quantitative estimate of drug-likeness (QED) is 0.735. The van der Waals surface area contributed by atoms with E-state index in [1.54, 1.807) is 19.2 Å². The highest BCUT2D eigenvalue weighted by atomic mass is 35.5. The number of amides is 1. The van der Waals surface area contributed by atoms with Crippen LogP contribution in [0.3, 0.4) is 0 Å². The lowest BCUT2D eigenvalue weighted by molar-refractivity contribution is -0.121. The van der Waals surface area contributed by atoms with Crippen LogP contribution in [0.25, 0.3) is 0 Å². The van der Waals surface area contributed by atoms with Crippen LogP contribution < -0.4 is 10.1 Å². The third kappa shape index (κ3) is 3.49. The topological polar surface area (TPSA) is 38.3 Å². The summed E-state index contributed by atoms with van der Waals surface area (Å²) < 4.78 is 5.28. The molecule has 0 saturated heterocycles. The molecule has 3 rings (SSSR count). The summed E-state index contributed by atoms with van der Waals surface area (Å²) in [7, 11) is 1.64. The Morgan fingerprint density at radius 1 is 1.12 bits per heavy atom. The number of methoxy groups -OCH3 is 1. The van der Waals surface area contributed by atoms with E-state index in [1.165, 1.54) is 0 Å². The van der Waals surface area contributed by atoms with Crippen molar-refractivity contribution in [1.29, 1.82) is 0 Å². The minimum atomic E-state index is -0.602. The monoisotopic (exact) mass is 377 g/mol. The number of halogens is 2. The van der Waals surface area contributed by atoms with Crippen molar-refractivity contribution < 1.29 is 9.53 Å². The van der Waals surface area contributed by atoms with E-state index in [4.69, 9.17) is 27.9 Å². The maximum atomic E-state index is 13.2. The summed E-state index contributed by atoms with van der Waals surface area (Å²) in [4.78, 5) is 13.2. The zero-order valence-electron chi connectivity index (χ0n) is 14.4. The first-order valence-corrected chi connectivity index (χ1v) is 9.13. The number of hydrogen-bond acceptors (Lipinski definition) is 2. The van der Waals surface area contributed by atoms with Crippen LogP contribution in [0, 0.1) is 6.92 Å². The van der Waals surface area contributed by atoms with Gasteiger partial charge in [-0.2, -0.15) is 0 Å². The van der Waals surface area contributed by atoms with Crippen LogP contribution in [0.15, 0.2) is 36.4 Å². The Morgan fingerprint density at radius 2 is 1.84 bits per heavy atom. The molecule has 0 spiro atoms. The molecule has 1 aliphatic rings. The van der Waals surface area contributed by atoms with E-state index < -0.39 is 5.41 Å². The predicted molar refractivity (Wildman–Crippen MR) is 103 cm³/mol. The number of rotatable bonds is 4. The Balaban J connectivity index is 1.92.